The first-order valence-electron chi connectivity index (χ1n) is 5.77. The van der Waals surface area contributed by atoms with Crippen LogP contribution >= 0.6 is 0 Å². The Morgan fingerprint density at radius 1 is 1.44 bits per heavy atom. The molecule has 0 spiro atoms. The molecule has 0 aromatic carbocycles. The Morgan fingerprint density at radius 2 is 2.06 bits per heavy atom. The minimum Gasteiger partial charge on any atom is -0.352 e. The number of amides is 1. The molecular formula is C12H17N3O. The summed E-state index contributed by atoms with van der Waals surface area (Å²) >= 11 is 0. The number of aromatic nitrogens is 2. The topological polar surface area (TPSA) is 54.9 Å². The van der Waals surface area contributed by atoms with E-state index in [0.717, 1.165) is 5.82 Å². The zero-order valence-corrected chi connectivity index (χ0v) is 9.73. The first kappa shape index (κ1) is 11.0. The molecule has 1 fully saturated rings. The minimum atomic E-state index is -0.0870. The minimum absolute atomic E-state index is 0.0870. The van der Waals surface area contributed by atoms with Gasteiger partial charge in [-0.3, -0.25) is 4.79 Å². The molecule has 1 aromatic rings. The molecule has 1 aliphatic rings. The molecule has 4 nitrogen and oxygen atoms in total. The second-order valence-electron chi connectivity index (χ2n) is 4.71. The van der Waals surface area contributed by atoms with Gasteiger partial charge in [0.25, 0.3) is 5.91 Å². The maximum Gasteiger partial charge on any atom is 0.254 e. The zero-order chi connectivity index (χ0) is 11.5. The van der Waals surface area contributed by atoms with Crippen molar-refractivity contribution in [1.29, 1.82) is 0 Å². The molecular weight excluding hydrogens is 202 g/mol. The van der Waals surface area contributed by atoms with Gasteiger partial charge in [-0.1, -0.05) is 13.8 Å². The molecule has 2 rings (SSSR count). The Bertz CT molecular complexity index is 368. The molecule has 86 valence electrons. The highest BCUT2D eigenvalue weighted by Gasteiger charge is 2.26. The van der Waals surface area contributed by atoms with Crippen LogP contribution in [0.5, 0.6) is 0 Å². The molecule has 4 heteroatoms. The van der Waals surface area contributed by atoms with E-state index in [0.29, 0.717) is 23.9 Å². The second kappa shape index (κ2) is 4.60. The highest BCUT2D eigenvalue weighted by Crippen LogP contribution is 2.37. The van der Waals surface area contributed by atoms with Gasteiger partial charge in [-0.05, 0) is 18.8 Å². The van der Waals surface area contributed by atoms with Gasteiger partial charge in [0, 0.05) is 24.9 Å². The Kier molecular flexibility index (Phi) is 3.17. The molecule has 1 N–H and O–H groups in total. The molecule has 0 saturated heterocycles. The smallest absolute Gasteiger partial charge is 0.254 e. The van der Waals surface area contributed by atoms with Gasteiger partial charge in [0.05, 0.1) is 5.56 Å². The number of hydrogen-bond acceptors (Lipinski definition) is 3. The lowest BCUT2D eigenvalue weighted by atomic mass is 10.2. The fourth-order valence-corrected chi connectivity index (χ4v) is 1.41. The highest BCUT2D eigenvalue weighted by molar-refractivity contribution is 5.93. The van der Waals surface area contributed by atoms with Crippen LogP contribution in [0.1, 0.15) is 48.8 Å². The average Bonchev–Trinajstić information content (AvgIpc) is 3.10. The van der Waals surface area contributed by atoms with Gasteiger partial charge < -0.3 is 5.32 Å². The van der Waals surface area contributed by atoms with Gasteiger partial charge in [-0.2, -0.15) is 0 Å². The summed E-state index contributed by atoms with van der Waals surface area (Å²) in [6.07, 6.45) is 5.60. The van der Waals surface area contributed by atoms with Gasteiger partial charge in [-0.15, -0.1) is 0 Å². The van der Waals surface area contributed by atoms with Crippen LogP contribution in [0.3, 0.4) is 0 Å². The molecule has 0 aliphatic heterocycles. The van der Waals surface area contributed by atoms with Gasteiger partial charge >= 0.3 is 0 Å². The van der Waals surface area contributed by atoms with Gasteiger partial charge in [0.1, 0.15) is 5.82 Å². The molecule has 1 heterocycles. The molecule has 1 saturated carbocycles. The largest absolute Gasteiger partial charge is 0.352 e. The summed E-state index contributed by atoms with van der Waals surface area (Å²) < 4.78 is 0. The second-order valence-corrected chi connectivity index (χ2v) is 4.71. The molecule has 0 bridgehead atoms. The maximum absolute atomic E-state index is 11.7. The monoisotopic (exact) mass is 219 g/mol. The maximum atomic E-state index is 11.7. The van der Waals surface area contributed by atoms with Crippen molar-refractivity contribution < 1.29 is 4.79 Å². The Hall–Kier alpha value is -1.45. The lowest BCUT2D eigenvalue weighted by molar-refractivity contribution is 0.0948. The number of rotatable bonds is 4. The molecule has 1 amide bonds. The zero-order valence-electron chi connectivity index (χ0n) is 9.73. The summed E-state index contributed by atoms with van der Waals surface area (Å²) in [5, 5.41) is 2.84. The predicted molar refractivity (Wildman–Crippen MR) is 61.2 cm³/mol. The predicted octanol–water partition coefficient (Wildman–Crippen LogP) is 1.74. The Labute approximate surface area is 95.5 Å². The molecule has 1 aromatic heterocycles. The fourth-order valence-electron chi connectivity index (χ4n) is 1.41. The number of nitrogens with zero attached hydrogens (tertiary/aromatic N) is 2. The third kappa shape index (κ3) is 2.78. The molecule has 0 radical (unpaired) electrons. The van der Waals surface area contributed by atoms with E-state index in [1.807, 2.05) is 0 Å². The quantitative estimate of drug-likeness (QED) is 0.839. The Balaban J connectivity index is 1.95. The highest BCUT2D eigenvalue weighted by atomic mass is 16.1. The van der Waals surface area contributed by atoms with Gasteiger partial charge in [0.15, 0.2) is 0 Å². The first-order chi connectivity index (χ1) is 7.66. The average molecular weight is 219 g/mol. The standard InChI is InChI=1S/C12H17N3O/c1-8(2)5-15-12(16)10-6-13-11(14-7-10)9-3-4-9/h6-9H,3-5H2,1-2H3,(H,15,16). The van der Waals surface area contributed by atoms with Crippen molar-refractivity contribution in [2.24, 2.45) is 5.92 Å². The van der Waals surface area contributed by atoms with Crippen LogP contribution in [0.4, 0.5) is 0 Å². The lowest BCUT2D eigenvalue weighted by Gasteiger charge is -2.07. The Morgan fingerprint density at radius 3 is 2.56 bits per heavy atom. The van der Waals surface area contributed by atoms with E-state index in [1.165, 1.54) is 12.8 Å². The number of carbonyl (C=O) groups is 1. The van der Waals surface area contributed by atoms with Crippen LogP contribution in [0.25, 0.3) is 0 Å². The number of carbonyl (C=O) groups excluding carboxylic acids is 1. The van der Waals surface area contributed by atoms with Gasteiger partial charge in [-0.25, -0.2) is 9.97 Å². The van der Waals surface area contributed by atoms with E-state index < -0.39 is 0 Å². The van der Waals surface area contributed by atoms with Crippen LogP contribution in [0, 0.1) is 5.92 Å². The summed E-state index contributed by atoms with van der Waals surface area (Å²) in [5.41, 5.74) is 0.546. The van der Waals surface area contributed by atoms with E-state index in [-0.39, 0.29) is 5.91 Å². The van der Waals surface area contributed by atoms with Crippen LogP contribution in [-0.4, -0.2) is 22.4 Å². The van der Waals surface area contributed by atoms with E-state index in [9.17, 15) is 4.79 Å². The van der Waals surface area contributed by atoms with Crippen LogP contribution in [0.2, 0.25) is 0 Å². The third-order valence-electron chi connectivity index (χ3n) is 2.55. The summed E-state index contributed by atoms with van der Waals surface area (Å²) in [7, 11) is 0. The summed E-state index contributed by atoms with van der Waals surface area (Å²) in [5.74, 6) is 1.78. The number of nitrogens with one attached hydrogen (secondary N) is 1. The van der Waals surface area contributed by atoms with E-state index in [2.05, 4.69) is 29.1 Å². The van der Waals surface area contributed by atoms with Crippen molar-refractivity contribution >= 4 is 5.91 Å². The summed E-state index contributed by atoms with van der Waals surface area (Å²) in [6, 6.07) is 0. The van der Waals surface area contributed by atoms with E-state index in [1.54, 1.807) is 12.4 Å². The van der Waals surface area contributed by atoms with E-state index in [4.69, 9.17) is 0 Å². The third-order valence-corrected chi connectivity index (χ3v) is 2.55. The summed E-state index contributed by atoms with van der Waals surface area (Å²) in [4.78, 5) is 20.1. The molecule has 0 unspecified atom stereocenters. The van der Waals surface area contributed by atoms with E-state index >= 15 is 0 Å². The van der Waals surface area contributed by atoms with Crippen molar-refractivity contribution in [3.63, 3.8) is 0 Å². The van der Waals surface area contributed by atoms with Crippen molar-refractivity contribution in [3.05, 3.63) is 23.8 Å². The van der Waals surface area contributed by atoms with Crippen molar-refractivity contribution in [2.45, 2.75) is 32.6 Å². The normalized spacial score (nSPS) is 15.2. The van der Waals surface area contributed by atoms with Crippen LogP contribution < -0.4 is 5.32 Å². The van der Waals surface area contributed by atoms with Crippen molar-refractivity contribution in [2.75, 3.05) is 6.54 Å². The van der Waals surface area contributed by atoms with Gasteiger partial charge in [0.2, 0.25) is 0 Å². The van der Waals surface area contributed by atoms with Crippen molar-refractivity contribution in [3.8, 4) is 0 Å². The lowest BCUT2D eigenvalue weighted by Crippen LogP contribution is -2.27. The number of hydrogen-bond donors (Lipinski definition) is 1. The molecule has 1 aliphatic carbocycles. The summed E-state index contributed by atoms with van der Waals surface area (Å²) in [6.45, 7) is 4.81. The fraction of sp³-hybridized carbons (Fsp3) is 0.583. The molecule has 16 heavy (non-hydrogen) atoms. The van der Waals surface area contributed by atoms with Crippen LogP contribution in [0.15, 0.2) is 12.4 Å². The van der Waals surface area contributed by atoms with Crippen molar-refractivity contribution in [1.82, 2.24) is 15.3 Å². The van der Waals surface area contributed by atoms with Crippen LogP contribution in [-0.2, 0) is 0 Å². The molecule has 0 atom stereocenters. The SMILES string of the molecule is CC(C)CNC(=O)c1cnc(C2CC2)nc1. The first-order valence-corrected chi connectivity index (χ1v) is 5.77.